The van der Waals surface area contributed by atoms with E-state index in [2.05, 4.69) is 176 Å². The molecule has 0 spiro atoms. The highest BCUT2D eigenvalue weighted by atomic mass is 15.2. The van der Waals surface area contributed by atoms with Crippen molar-refractivity contribution in [3.63, 3.8) is 0 Å². The molecule has 0 saturated heterocycles. The van der Waals surface area contributed by atoms with Gasteiger partial charge in [0.1, 0.15) is 0 Å². The first-order valence-electron chi connectivity index (χ1n) is 19.2. The number of hydrogen-bond acceptors (Lipinski definition) is 3. The van der Waals surface area contributed by atoms with Crippen LogP contribution in [0.5, 0.6) is 0 Å². The molecule has 8 aromatic carbocycles. The molecule has 0 amide bonds. The van der Waals surface area contributed by atoms with Crippen molar-refractivity contribution in [3.05, 3.63) is 193 Å². The fourth-order valence-corrected chi connectivity index (χ4v) is 9.07. The van der Waals surface area contributed by atoms with Crippen LogP contribution in [0, 0.1) is 0 Å². The van der Waals surface area contributed by atoms with Gasteiger partial charge < -0.3 is 0 Å². The fourth-order valence-electron chi connectivity index (χ4n) is 9.07. The standard InChI is InChI=1S/C52H36N4/c1-52(2)45-26-12-11-21-39(45)40-22-13-23-41(46(40)52)42-24-14-25-43-44-32-31-35-17-9-10-20-38(35)47(44)56(48(42)43)51-54-49(36-18-7-4-8-19-36)53-50(55-51)37-29-27-34(28-30-37)33-15-5-3-6-16-33/h3-32H,1-2H3. The summed E-state index contributed by atoms with van der Waals surface area (Å²) in [5, 5.41) is 4.63. The average Bonchev–Trinajstić information content (AvgIpc) is 3.73. The summed E-state index contributed by atoms with van der Waals surface area (Å²) in [4.78, 5) is 15.9. The van der Waals surface area contributed by atoms with Crippen LogP contribution in [0.3, 0.4) is 0 Å². The summed E-state index contributed by atoms with van der Waals surface area (Å²) in [6.07, 6.45) is 0. The third kappa shape index (κ3) is 4.89. The first-order valence-corrected chi connectivity index (χ1v) is 19.2. The maximum absolute atomic E-state index is 5.39. The summed E-state index contributed by atoms with van der Waals surface area (Å²) in [6.45, 7) is 4.72. The van der Waals surface area contributed by atoms with Gasteiger partial charge in [0.25, 0.3) is 0 Å². The molecule has 2 heterocycles. The van der Waals surface area contributed by atoms with E-state index in [1.165, 1.54) is 33.4 Å². The molecule has 1 aliphatic rings. The van der Waals surface area contributed by atoms with Crippen LogP contribution >= 0.6 is 0 Å². The number of para-hydroxylation sites is 1. The van der Waals surface area contributed by atoms with Gasteiger partial charge in [0.15, 0.2) is 11.6 Å². The number of benzene rings is 8. The molecule has 2 aromatic heterocycles. The normalized spacial score (nSPS) is 13.0. The van der Waals surface area contributed by atoms with E-state index >= 15 is 0 Å². The van der Waals surface area contributed by atoms with Crippen molar-refractivity contribution in [2.45, 2.75) is 19.3 Å². The molecule has 4 nitrogen and oxygen atoms in total. The molecule has 0 N–H and O–H groups in total. The summed E-state index contributed by atoms with van der Waals surface area (Å²) >= 11 is 0. The van der Waals surface area contributed by atoms with Crippen molar-refractivity contribution < 1.29 is 0 Å². The molecule has 10 aromatic rings. The van der Waals surface area contributed by atoms with E-state index in [0.29, 0.717) is 17.6 Å². The van der Waals surface area contributed by atoms with Crippen LogP contribution in [-0.4, -0.2) is 19.5 Å². The van der Waals surface area contributed by atoms with Crippen LogP contribution in [0.25, 0.3) is 94.7 Å². The van der Waals surface area contributed by atoms with E-state index in [1.807, 2.05) is 24.3 Å². The molecule has 11 rings (SSSR count). The van der Waals surface area contributed by atoms with Gasteiger partial charge in [-0.3, -0.25) is 4.57 Å². The van der Waals surface area contributed by atoms with Gasteiger partial charge in [-0.15, -0.1) is 0 Å². The van der Waals surface area contributed by atoms with Gasteiger partial charge in [0.05, 0.1) is 11.0 Å². The minimum atomic E-state index is -0.193. The van der Waals surface area contributed by atoms with E-state index in [0.717, 1.165) is 54.8 Å². The molecule has 0 fully saturated rings. The minimum Gasteiger partial charge on any atom is -0.277 e. The quantitative estimate of drug-likeness (QED) is 0.178. The van der Waals surface area contributed by atoms with Crippen LogP contribution < -0.4 is 0 Å². The van der Waals surface area contributed by atoms with Crippen LogP contribution in [0.1, 0.15) is 25.0 Å². The second-order valence-electron chi connectivity index (χ2n) is 15.2. The monoisotopic (exact) mass is 716 g/mol. The lowest BCUT2D eigenvalue weighted by molar-refractivity contribution is 0.662. The SMILES string of the molecule is CC1(C)c2ccccc2-c2cccc(-c3cccc4c5ccc6ccccc6c5n(-c5nc(-c6ccccc6)nc(-c6ccc(-c7ccccc7)cc6)n5)c34)c21. The lowest BCUT2D eigenvalue weighted by Crippen LogP contribution is -2.16. The van der Waals surface area contributed by atoms with Gasteiger partial charge in [0, 0.05) is 38.3 Å². The molecule has 0 unspecified atom stereocenters. The second kappa shape index (κ2) is 12.4. The Bertz CT molecular complexity index is 3140. The van der Waals surface area contributed by atoms with Crippen molar-refractivity contribution in [3.8, 4) is 62.1 Å². The largest absolute Gasteiger partial charge is 0.277 e. The summed E-state index contributed by atoms with van der Waals surface area (Å²) in [5.74, 6) is 1.83. The molecule has 0 atom stereocenters. The Kier molecular flexibility index (Phi) is 7.17. The fraction of sp³-hybridized carbons (Fsp3) is 0.0577. The van der Waals surface area contributed by atoms with E-state index < -0.39 is 0 Å². The third-order valence-electron chi connectivity index (χ3n) is 11.7. The van der Waals surface area contributed by atoms with Crippen LogP contribution in [0.15, 0.2) is 182 Å². The molecule has 264 valence electrons. The molecule has 56 heavy (non-hydrogen) atoms. The lowest BCUT2D eigenvalue weighted by atomic mass is 9.78. The highest BCUT2D eigenvalue weighted by molar-refractivity contribution is 6.21. The van der Waals surface area contributed by atoms with Gasteiger partial charge in [-0.1, -0.05) is 196 Å². The van der Waals surface area contributed by atoms with Gasteiger partial charge in [-0.05, 0) is 44.3 Å². The van der Waals surface area contributed by atoms with Crippen LogP contribution in [0.4, 0.5) is 0 Å². The van der Waals surface area contributed by atoms with Crippen molar-refractivity contribution in [2.24, 2.45) is 0 Å². The maximum Gasteiger partial charge on any atom is 0.238 e. The Morgan fingerprint density at radius 2 is 0.893 bits per heavy atom. The Balaban J connectivity index is 1.23. The molecule has 1 aliphatic carbocycles. The molecule has 0 aliphatic heterocycles. The van der Waals surface area contributed by atoms with E-state index in [9.17, 15) is 0 Å². The third-order valence-corrected chi connectivity index (χ3v) is 11.7. The highest BCUT2D eigenvalue weighted by Gasteiger charge is 2.38. The molecule has 0 bridgehead atoms. The van der Waals surface area contributed by atoms with Gasteiger partial charge >= 0.3 is 0 Å². The first-order chi connectivity index (χ1) is 27.5. The molecule has 0 radical (unpaired) electrons. The van der Waals surface area contributed by atoms with Gasteiger partial charge in [-0.2, -0.15) is 9.97 Å². The van der Waals surface area contributed by atoms with E-state index in [1.54, 1.807) is 0 Å². The molecule has 0 saturated carbocycles. The number of aromatic nitrogens is 4. The average molecular weight is 717 g/mol. The van der Waals surface area contributed by atoms with Crippen LogP contribution in [0.2, 0.25) is 0 Å². The zero-order chi connectivity index (χ0) is 37.4. The van der Waals surface area contributed by atoms with E-state index in [-0.39, 0.29) is 5.41 Å². The second-order valence-corrected chi connectivity index (χ2v) is 15.2. The zero-order valence-corrected chi connectivity index (χ0v) is 31.1. The Morgan fingerprint density at radius 1 is 0.375 bits per heavy atom. The Hall–Kier alpha value is -7.17. The predicted molar refractivity (Wildman–Crippen MR) is 231 cm³/mol. The topological polar surface area (TPSA) is 43.6 Å². The summed E-state index contributed by atoms with van der Waals surface area (Å²) in [7, 11) is 0. The summed E-state index contributed by atoms with van der Waals surface area (Å²) in [6, 6.07) is 64.7. The molecular weight excluding hydrogens is 681 g/mol. The first kappa shape index (κ1) is 32.3. The number of fused-ring (bicyclic) bond motifs is 8. The van der Waals surface area contributed by atoms with Gasteiger partial charge in [-0.25, -0.2) is 4.98 Å². The smallest absolute Gasteiger partial charge is 0.238 e. The number of rotatable bonds is 5. The van der Waals surface area contributed by atoms with Crippen LogP contribution in [-0.2, 0) is 5.41 Å². The summed E-state index contributed by atoms with van der Waals surface area (Å²) in [5.41, 5.74) is 13.8. The minimum absolute atomic E-state index is 0.193. The van der Waals surface area contributed by atoms with Crippen molar-refractivity contribution in [1.82, 2.24) is 19.5 Å². The van der Waals surface area contributed by atoms with Crippen molar-refractivity contribution in [1.29, 1.82) is 0 Å². The lowest BCUT2D eigenvalue weighted by Gasteiger charge is -2.25. The number of hydrogen-bond donors (Lipinski definition) is 0. The van der Waals surface area contributed by atoms with Crippen molar-refractivity contribution in [2.75, 3.05) is 0 Å². The highest BCUT2D eigenvalue weighted by Crippen LogP contribution is 2.53. The zero-order valence-electron chi connectivity index (χ0n) is 31.1. The Labute approximate surface area is 325 Å². The predicted octanol–water partition coefficient (Wildman–Crippen LogP) is 13.1. The molecule has 4 heteroatoms. The summed E-state index contributed by atoms with van der Waals surface area (Å²) < 4.78 is 2.31. The number of nitrogens with zero attached hydrogens (tertiary/aromatic N) is 4. The van der Waals surface area contributed by atoms with Crippen molar-refractivity contribution >= 4 is 32.6 Å². The Morgan fingerprint density at radius 3 is 1.66 bits per heavy atom. The molecular formula is C52H36N4. The van der Waals surface area contributed by atoms with Gasteiger partial charge in [0.2, 0.25) is 5.95 Å². The van der Waals surface area contributed by atoms with E-state index in [4.69, 9.17) is 15.0 Å². The maximum atomic E-state index is 5.39.